The molecule has 0 atom stereocenters. The number of unbranched alkanes of at least 4 members (excludes halogenated alkanes) is 14. The summed E-state index contributed by atoms with van der Waals surface area (Å²) in [4.78, 5) is 0. The fourth-order valence-corrected chi connectivity index (χ4v) is 3.22. The van der Waals surface area contributed by atoms with Gasteiger partial charge >= 0.3 is 51.4 Å². The van der Waals surface area contributed by atoms with E-state index in [1.165, 1.54) is 77.0 Å². The van der Waals surface area contributed by atoms with Crippen LogP contribution in [0, 0.1) is 0 Å². The van der Waals surface area contributed by atoms with Gasteiger partial charge in [0.15, 0.2) is 0 Å². The topological polar surface area (TPSA) is 54.4 Å². The first-order valence-corrected chi connectivity index (χ1v) is 10.6. The molecule has 0 aliphatic rings. The average molecular weight is 361 g/mol. The number of rotatable bonds is 16. The Morgan fingerprint density at radius 2 is 0.864 bits per heavy atom. The third-order valence-corrected chi connectivity index (χ3v) is 4.81. The molecule has 22 heavy (non-hydrogen) atoms. The van der Waals surface area contributed by atoms with Gasteiger partial charge in [-0.2, -0.15) is 8.42 Å². The predicted molar refractivity (Wildman–Crippen MR) is 98.5 cm³/mol. The van der Waals surface area contributed by atoms with Gasteiger partial charge in [0, 0.05) is 0 Å². The van der Waals surface area contributed by atoms with Gasteiger partial charge in [-0.1, -0.05) is 96.8 Å². The van der Waals surface area contributed by atoms with Crippen LogP contribution in [0.4, 0.5) is 0 Å². The van der Waals surface area contributed by atoms with Gasteiger partial charge in [-0.05, 0) is 6.42 Å². The van der Waals surface area contributed by atoms with Gasteiger partial charge in [0.05, 0.1) is 5.75 Å². The Morgan fingerprint density at radius 1 is 0.591 bits per heavy atom. The van der Waals surface area contributed by atoms with Gasteiger partial charge in [-0.15, -0.1) is 0 Å². The molecule has 0 saturated carbocycles. The molecule has 0 rings (SSSR count). The molecule has 5 heteroatoms. The van der Waals surface area contributed by atoms with Crippen molar-refractivity contribution in [1.29, 1.82) is 0 Å². The average Bonchev–Trinajstić information content (AvgIpc) is 2.42. The molecule has 0 aromatic rings. The quantitative estimate of drug-likeness (QED) is 0.237. The molecule has 3 nitrogen and oxygen atoms in total. The first kappa shape index (κ1) is 25.8. The van der Waals surface area contributed by atoms with E-state index in [0.29, 0.717) is 6.42 Å². The van der Waals surface area contributed by atoms with Gasteiger partial charge in [-0.3, -0.25) is 4.55 Å². The molecule has 0 spiro atoms. The monoisotopic (exact) mass is 360 g/mol. The Hall–Kier alpha value is 1.55. The van der Waals surface area contributed by atoms with Gasteiger partial charge in [0.1, 0.15) is 0 Å². The van der Waals surface area contributed by atoms with Crippen molar-refractivity contribution >= 4 is 61.5 Å². The first-order chi connectivity index (χ1) is 10.1. The SMILES string of the molecule is CCCCCCCCCCCCCCCCCS(=O)(=O)O.[KH]. The normalized spacial score (nSPS) is 11.4. The maximum absolute atomic E-state index is 10.5. The van der Waals surface area contributed by atoms with Crippen molar-refractivity contribution in [3.8, 4) is 0 Å². The van der Waals surface area contributed by atoms with Crippen molar-refractivity contribution in [2.45, 2.75) is 103 Å². The van der Waals surface area contributed by atoms with Crippen molar-refractivity contribution < 1.29 is 13.0 Å². The minimum absolute atomic E-state index is 0. The molecule has 0 aromatic heterocycles. The standard InChI is InChI=1S/C17H36O3S.K.H/c1-2-3-4-5-6-7-8-9-10-11-12-13-14-15-16-17-21(18,19)20;;/h2-17H2,1H3,(H,18,19,20);;. The number of hydrogen-bond donors (Lipinski definition) is 1. The Bertz CT molecular complexity index is 305. The summed E-state index contributed by atoms with van der Waals surface area (Å²) in [6, 6.07) is 0. The zero-order valence-corrected chi connectivity index (χ0v) is 14.8. The van der Waals surface area contributed by atoms with E-state index >= 15 is 0 Å². The van der Waals surface area contributed by atoms with Crippen molar-refractivity contribution in [1.82, 2.24) is 0 Å². The van der Waals surface area contributed by atoms with E-state index in [4.69, 9.17) is 4.55 Å². The van der Waals surface area contributed by atoms with Crippen LogP contribution in [0.5, 0.6) is 0 Å². The van der Waals surface area contributed by atoms with Gasteiger partial charge in [0.2, 0.25) is 0 Å². The Labute approximate surface area is 181 Å². The zero-order chi connectivity index (χ0) is 15.8. The number of hydrogen-bond acceptors (Lipinski definition) is 2. The van der Waals surface area contributed by atoms with Crippen LogP contribution < -0.4 is 0 Å². The fraction of sp³-hybridized carbons (Fsp3) is 1.00. The van der Waals surface area contributed by atoms with E-state index in [1.807, 2.05) is 0 Å². The summed E-state index contributed by atoms with van der Waals surface area (Å²) in [5.41, 5.74) is 0. The Balaban J connectivity index is 0. The summed E-state index contributed by atoms with van der Waals surface area (Å²) in [6.07, 6.45) is 18.8. The van der Waals surface area contributed by atoms with Crippen molar-refractivity contribution in [2.75, 3.05) is 5.75 Å². The second kappa shape index (κ2) is 18.9. The van der Waals surface area contributed by atoms with Crippen LogP contribution >= 0.6 is 0 Å². The van der Waals surface area contributed by atoms with Crippen LogP contribution in [-0.2, 0) is 10.1 Å². The molecular weight excluding hydrogens is 323 g/mol. The van der Waals surface area contributed by atoms with E-state index in [2.05, 4.69) is 6.92 Å². The molecule has 0 fully saturated rings. The van der Waals surface area contributed by atoms with Crippen molar-refractivity contribution in [3.63, 3.8) is 0 Å². The second-order valence-electron chi connectivity index (χ2n) is 6.24. The molecule has 1 N–H and O–H groups in total. The second-order valence-corrected chi connectivity index (χ2v) is 7.81. The summed E-state index contributed by atoms with van der Waals surface area (Å²) in [5, 5.41) is 0. The maximum atomic E-state index is 10.5. The van der Waals surface area contributed by atoms with Gasteiger partial charge in [0.25, 0.3) is 10.1 Å². The Morgan fingerprint density at radius 3 is 1.14 bits per heavy atom. The van der Waals surface area contributed by atoms with Crippen molar-refractivity contribution in [3.05, 3.63) is 0 Å². The molecule has 0 unspecified atom stereocenters. The fourth-order valence-electron chi connectivity index (χ4n) is 2.66. The van der Waals surface area contributed by atoms with Crippen LogP contribution in [-0.4, -0.2) is 70.1 Å². The first-order valence-electron chi connectivity index (χ1n) is 9.01. The minimum atomic E-state index is -3.74. The molecule has 0 amide bonds. The molecule has 0 radical (unpaired) electrons. The molecule has 0 aliphatic carbocycles. The van der Waals surface area contributed by atoms with Crippen molar-refractivity contribution in [2.24, 2.45) is 0 Å². The van der Waals surface area contributed by atoms with Gasteiger partial charge < -0.3 is 0 Å². The summed E-state index contributed by atoms with van der Waals surface area (Å²) in [6.45, 7) is 2.26. The summed E-state index contributed by atoms with van der Waals surface area (Å²) < 4.78 is 29.6. The van der Waals surface area contributed by atoms with Crippen LogP contribution in [0.3, 0.4) is 0 Å². The third kappa shape index (κ3) is 23.8. The van der Waals surface area contributed by atoms with E-state index in [0.717, 1.165) is 12.8 Å². The zero-order valence-electron chi connectivity index (χ0n) is 14.0. The Kier molecular flexibility index (Phi) is 22.1. The van der Waals surface area contributed by atoms with E-state index in [1.54, 1.807) is 0 Å². The van der Waals surface area contributed by atoms with E-state index < -0.39 is 10.1 Å². The molecule has 0 aliphatic heterocycles. The summed E-state index contributed by atoms with van der Waals surface area (Å²) in [5.74, 6) is -0.0781. The molecule has 0 saturated heterocycles. The van der Waals surface area contributed by atoms with Crippen LogP contribution in [0.15, 0.2) is 0 Å². The summed E-state index contributed by atoms with van der Waals surface area (Å²) in [7, 11) is -3.74. The molecule has 0 heterocycles. The third-order valence-electron chi connectivity index (χ3n) is 4.01. The van der Waals surface area contributed by atoms with Crippen LogP contribution in [0.2, 0.25) is 0 Å². The van der Waals surface area contributed by atoms with Crippen LogP contribution in [0.25, 0.3) is 0 Å². The molecular formula is C17H37KO3S. The van der Waals surface area contributed by atoms with Gasteiger partial charge in [-0.25, -0.2) is 0 Å². The molecule has 0 bridgehead atoms. The predicted octanol–water partition coefficient (Wildman–Crippen LogP) is 5.10. The summed E-state index contributed by atoms with van der Waals surface area (Å²) >= 11 is 0. The molecule has 0 aromatic carbocycles. The van der Waals surface area contributed by atoms with E-state index in [-0.39, 0.29) is 57.1 Å². The molecule has 130 valence electrons. The van der Waals surface area contributed by atoms with E-state index in [9.17, 15) is 8.42 Å². The van der Waals surface area contributed by atoms with Crippen LogP contribution in [0.1, 0.15) is 103 Å².